The van der Waals surface area contributed by atoms with Crippen LogP contribution in [0, 0.1) is 17.1 Å². The van der Waals surface area contributed by atoms with Crippen molar-refractivity contribution < 1.29 is 28.2 Å². The van der Waals surface area contributed by atoms with E-state index in [1.807, 2.05) is 6.07 Å². The van der Waals surface area contributed by atoms with Crippen LogP contribution in [0.4, 0.5) is 14.9 Å². The maximum atomic E-state index is 13.2. The fraction of sp³-hybridized carbons (Fsp3) is 0.143. The van der Waals surface area contributed by atoms with Crippen molar-refractivity contribution in [2.45, 2.75) is 6.92 Å². The molecule has 2 aromatic rings. The lowest BCUT2D eigenvalue weighted by molar-refractivity contribution is -0.122. The summed E-state index contributed by atoms with van der Waals surface area (Å²) in [4.78, 5) is 38.1. The molecule has 0 saturated carbocycles. The Hall–Kier alpha value is -3.90. The summed E-state index contributed by atoms with van der Waals surface area (Å²) in [5.74, 6) is -1.97. The predicted octanol–water partition coefficient (Wildman–Crippen LogP) is 3.45. The fourth-order valence-corrected chi connectivity index (χ4v) is 3.10. The lowest BCUT2D eigenvalue weighted by Gasteiger charge is -2.26. The highest BCUT2D eigenvalue weighted by Crippen LogP contribution is 2.37. The number of nitrogens with zero attached hydrogens (tertiary/aromatic N) is 2. The van der Waals surface area contributed by atoms with Gasteiger partial charge in [0.2, 0.25) is 0 Å². The van der Waals surface area contributed by atoms with Crippen molar-refractivity contribution in [2.75, 3.05) is 18.1 Å². The van der Waals surface area contributed by atoms with Crippen LogP contribution in [0.25, 0.3) is 6.08 Å². The highest BCUT2D eigenvalue weighted by atomic mass is 35.5. The molecule has 1 saturated heterocycles. The second kappa shape index (κ2) is 9.28. The van der Waals surface area contributed by atoms with Crippen LogP contribution in [-0.4, -0.2) is 31.1 Å². The average Bonchev–Trinajstić information content (AvgIpc) is 2.72. The molecule has 1 fully saturated rings. The predicted molar refractivity (Wildman–Crippen MR) is 109 cm³/mol. The number of benzene rings is 2. The van der Waals surface area contributed by atoms with Gasteiger partial charge in [-0.3, -0.25) is 14.9 Å². The number of hydrogen-bond acceptors (Lipinski definition) is 6. The summed E-state index contributed by atoms with van der Waals surface area (Å²) in [5.41, 5.74) is 0.0772. The normalized spacial score (nSPS) is 15.0. The number of barbiturate groups is 1. The molecule has 3 rings (SSSR count). The van der Waals surface area contributed by atoms with Crippen molar-refractivity contribution in [3.8, 4) is 17.6 Å². The molecule has 1 aliphatic rings. The molecule has 2 aromatic carbocycles. The quantitative estimate of drug-likeness (QED) is 0.541. The number of anilines is 1. The average molecular weight is 444 g/mol. The Bertz CT molecular complexity index is 1130. The van der Waals surface area contributed by atoms with E-state index in [1.165, 1.54) is 30.3 Å². The standard InChI is InChI=1S/C21H15ClFN3O5/c1-2-30-17-11-12(10-16(22)18(17)31-8-7-24)9-15-19(27)25-21(29)26(20(15)28)14-5-3-13(23)4-6-14/h3-6,9-11H,2,8H2,1H3,(H,25,27,29)/b15-9+. The van der Waals surface area contributed by atoms with E-state index in [1.54, 1.807) is 6.92 Å². The molecule has 0 spiro atoms. The maximum Gasteiger partial charge on any atom is 0.335 e. The molecule has 0 radical (unpaired) electrons. The zero-order valence-electron chi connectivity index (χ0n) is 16.1. The Labute approximate surface area is 181 Å². The van der Waals surface area contributed by atoms with Crippen LogP contribution in [0.1, 0.15) is 12.5 Å². The number of urea groups is 1. The first-order valence-electron chi connectivity index (χ1n) is 8.98. The van der Waals surface area contributed by atoms with Crippen molar-refractivity contribution in [3.63, 3.8) is 0 Å². The first kappa shape index (κ1) is 21.8. The molecule has 0 aliphatic carbocycles. The van der Waals surface area contributed by atoms with Gasteiger partial charge in [0.25, 0.3) is 11.8 Å². The van der Waals surface area contributed by atoms with Crippen LogP contribution in [0.2, 0.25) is 5.02 Å². The van der Waals surface area contributed by atoms with Gasteiger partial charge < -0.3 is 9.47 Å². The number of nitrogens with one attached hydrogen (secondary N) is 1. The van der Waals surface area contributed by atoms with Gasteiger partial charge in [-0.15, -0.1) is 0 Å². The second-order valence-electron chi connectivity index (χ2n) is 6.14. The van der Waals surface area contributed by atoms with Gasteiger partial charge in [-0.1, -0.05) is 11.6 Å². The zero-order chi connectivity index (χ0) is 22.5. The summed E-state index contributed by atoms with van der Waals surface area (Å²) in [6.07, 6.45) is 1.24. The lowest BCUT2D eigenvalue weighted by Crippen LogP contribution is -2.54. The SMILES string of the molecule is CCOc1cc(/C=C2\C(=O)NC(=O)N(c3ccc(F)cc3)C2=O)cc(Cl)c1OCC#N. The molecule has 1 heterocycles. The summed E-state index contributed by atoms with van der Waals surface area (Å²) < 4.78 is 24.0. The molecule has 158 valence electrons. The van der Waals surface area contributed by atoms with E-state index < -0.39 is 23.7 Å². The number of rotatable bonds is 6. The highest BCUT2D eigenvalue weighted by molar-refractivity contribution is 6.39. The second-order valence-corrected chi connectivity index (χ2v) is 6.55. The Balaban J connectivity index is 2.02. The first-order chi connectivity index (χ1) is 14.8. The first-order valence-corrected chi connectivity index (χ1v) is 9.36. The van der Waals surface area contributed by atoms with Crippen LogP contribution in [-0.2, 0) is 9.59 Å². The van der Waals surface area contributed by atoms with Crippen molar-refractivity contribution in [3.05, 3.63) is 58.4 Å². The number of carbonyl (C=O) groups is 3. The fourth-order valence-electron chi connectivity index (χ4n) is 2.83. The number of halogens is 2. The largest absolute Gasteiger partial charge is 0.490 e. The monoisotopic (exact) mass is 443 g/mol. The minimum Gasteiger partial charge on any atom is -0.490 e. The van der Waals surface area contributed by atoms with Crippen molar-refractivity contribution in [1.82, 2.24) is 5.32 Å². The van der Waals surface area contributed by atoms with Gasteiger partial charge in [0.1, 0.15) is 17.5 Å². The molecule has 0 bridgehead atoms. The molecule has 4 amide bonds. The summed E-state index contributed by atoms with van der Waals surface area (Å²) in [5, 5.41) is 10.9. The molecule has 1 N–H and O–H groups in total. The van der Waals surface area contributed by atoms with Crippen LogP contribution < -0.4 is 19.7 Å². The summed E-state index contributed by atoms with van der Waals surface area (Å²) in [6, 6.07) is 8.43. The van der Waals surface area contributed by atoms with Crippen LogP contribution >= 0.6 is 11.6 Å². The van der Waals surface area contributed by atoms with Gasteiger partial charge in [-0.05, 0) is 55.0 Å². The lowest BCUT2D eigenvalue weighted by atomic mass is 10.1. The Morgan fingerprint density at radius 3 is 2.55 bits per heavy atom. The summed E-state index contributed by atoms with van der Waals surface area (Å²) in [6.45, 7) is 1.75. The van der Waals surface area contributed by atoms with E-state index in [-0.39, 0.29) is 41.0 Å². The van der Waals surface area contributed by atoms with Gasteiger partial charge in [-0.25, -0.2) is 14.1 Å². The molecule has 0 aromatic heterocycles. The van der Waals surface area contributed by atoms with E-state index in [4.69, 9.17) is 26.3 Å². The van der Waals surface area contributed by atoms with E-state index in [9.17, 15) is 18.8 Å². The highest BCUT2D eigenvalue weighted by Gasteiger charge is 2.36. The molecule has 1 aliphatic heterocycles. The van der Waals surface area contributed by atoms with Gasteiger partial charge >= 0.3 is 6.03 Å². The Kier molecular flexibility index (Phi) is 6.52. The number of amides is 4. The van der Waals surface area contributed by atoms with Gasteiger partial charge in [-0.2, -0.15) is 5.26 Å². The number of carbonyl (C=O) groups excluding carboxylic acids is 3. The Morgan fingerprint density at radius 2 is 1.90 bits per heavy atom. The van der Waals surface area contributed by atoms with Crippen LogP contribution in [0.5, 0.6) is 11.5 Å². The smallest absolute Gasteiger partial charge is 0.335 e. The van der Waals surface area contributed by atoms with E-state index in [2.05, 4.69) is 5.32 Å². The summed E-state index contributed by atoms with van der Waals surface area (Å²) >= 11 is 6.23. The number of ether oxygens (including phenoxy) is 2. The third-order valence-corrected chi connectivity index (χ3v) is 4.39. The molecule has 0 unspecified atom stereocenters. The van der Waals surface area contributed by atoms with Gasteiger partial charge in [0.05, 0.1) is 17.3 Å². The van der Waals surface area contributed by atoms with Crippen LogP contribution in [0.15, 0.2) is 42.0 Å². The number of imide groups is 2. The van der Waals surface area contributed by atoms with Crippen molar-refractivity contribution >= 4 is 41.2 Å². The molecular weight excluding hydrogens is 429 g/mol. The van der Waals surface area contributed by atoms with E-state index in [0.717, 1.165) is 17.0 Å². The topological polar surface area (TPSA) is 109 Å². The van der Waals surface area contributed by atoms with Gasteiger partial charge in [0.15, 0.2) is 18.1 Å². The molecule has 0 atom stereocenters. The third kappa shape index (κ3) is 4.65. The van der Waals surface area contributed by atoms with E-state index >= 15 is 0 Å². The minimum atomic E-state index is -0.952. The van der Waals surface area contributed by atoms with Gasteiger partial charge in [0, 0.05) is 0 Å². The third-order valence-electron chi connectivity index (χ3n) is 4.11. The Morgan fingerprint density at radius 1 is 1.19 bits per heavy atom. The van der Waals surface area contributed by atoms with Crippen molar-refractivity contribution in [2.24, 2.45) is 0 Å². The van der Waals surface area contributed by atoms with E-state index in [0.29, 0.717) is 5.56 Å². The zero-order valence-corrected chi connectivity index (χ0v) is 16.9. The molecule has 31 heavy (non-hydrogen) atoms. The number of nitriles is 1. The molecular formula is C21H15ClFN3O5. The number of hydrogen-bond donors (Lipinski definition) is 1. The maximum absolute atomic E-state index is 13.2. The molecule has 8 nitrogen and oxygen atoms in total. The summed E-state index contributed by atoms with van der Waals surface area (Å²) in [7, 11) is 0. The van der Waals surface area contributed by atoms with Crippen molar-refractivity contribution in [1.29, 1.82) is 5.26 Å². The van der Waals surface area contributed by atoms with Crippen LogP contribution in [0.3, 0.4) is 0 Å². The molecule has 10 heteroatoms. The minimum absolute atomic E-state index is 0.0931.